The maximum Gasteiger partial charge on any atom is 0.268 e. The summed E-state index contributed by atoms with van der Waals surface area (Å²) in [6.45, 7) is 13.4. The minimum atomic E-state index is -0.0168. The van der Waals surface area contributed by atoms with Crippen molar-refractivity contribution in [1.82, 2.24) is 14.1 Å². The number of imidazole rings is 1. The number of rotatable bonds is 6. The first-order chi connectivity index (χ1) is 26.5. The van der Waals surface area contributed by atoms with Gasteiger partial charge in [-0.3, -0.25) is 4.57 Å². The third kappa shape index (κ3) is 6.75. The fourth-order valence-corrected chi connectivity index (χ4v) is 7.41. The molecule has 0 aliphatic heterocycles. The van der Waals surface area contributed by atoms with E-state index in [4.69, 9.17) is 9.72 Å². The van der Waals surface area contributed by atoms with Crippen molar-refractivity contribution in [3.63, 3.8) is 0 Å². The van der Waals surface area contributed by atoms with E-state index in [-0.39, 0.29) is 31.9 Å². The number of aromatic nitrogens is 4. The molecule has 6 heteroatoms. The van der Waals surface area contributed by atoms with E-state index in [9.17, 15) is 0 Å². The molecular formula is C50H42N4OPt-2. The maximum absolute atomic E-state index is 6.58. The Morgan fingerprint density at radius 1 is 0.607 bits per heavy atom. The van der Waals surface area contributed by atoms with Crippen LogP contribution in [0.1, 0.15) is 52.7 Å². The topological polar surface area (TPSA) is 35.9 Å². The number of fused-ring (bicyclic) bond motifs is 4. The SMILES string of the molecule is CC(C)(C)c1ccc(-[n+]2[c-]n(-c3[c-]c(Oc4[c-]c5c(cc4)c4ccccc4n5-c4cc(C(C)(C)C)ccn4)ccc3)c3cccc(-c4ccccc4)c32)cc1.[Pt]. The molecule has 280 valence electrons. The predicted molar refractivity (Wildman–Crippen MR) is 223 cm³/mol. The van der Waals surface area contributed by atoms with E-state index in [0.717, 1.165) is 61.2 Å². The van der Waals surface area contributed by atoms with E-state index in [1.807, 2.05) is 30.5 Å². The second-order valence-electron chi connectivity index (χ2n) is 16.2. The Morgan fingerprint density at radius 3 is 2.07 bits per heavy atom. The van der Waals surface area contributed by atoms with Gasteiger partial charge in [0.2, 0.25) is 0 Å². The van der Waals surface area contributed by atoms with Crippen molar-refractivity contribution in [1.29, 1.82) is 0 Å². The largest absolute Gasteiger partial charge is 0.510 e. The molecule has 6 aromatic carbocycles. The summed E-state index contributed by atoms with van der Waals surface area (Å²) >= 11 is 0. The molecule has 3 aromatic heterocycles. The van der Waals surface area contributed by atoms with E-state index in [1.165, 1.54) is 11.1 Å². The predicted octanol–water partition coefficient (Wildman–Crippen LogP) is 11.9. The Kier molecular flexibility index (Phi) is 9.55. The van der Waals surface area contributed by atoms with Gasteiger partial charge in [-0.1, -0.05) is 126 Å². The van der Waals surface area contributed by atoms with Gasteiger partial charge in [0.05, 0.1) is 16.7 Å². The first-order valence-electron chi connectivity index (χ1n) is 18.8. The molecule has 9 rings (SSSR count). The number of nitrogens with zero attached hydrogens (tertiary/aromatic N) is 4. The molecule has 0 aliphatic carbocycles. The summed E-state index contributed by atoms with van der Waals surface area (Å²) in [5.41, 5.74) is 10.7. The molecule has 0 saturated heterocycles. The second kappa shape index (κ2) is 14.4. The fraction of sp³-hybridized carbons (Fsp3) is 0.160. The molecule has 0 unspecified atom stereocenters. The summed E-state index contributed by atoms with van der Waals surface area (Å²) in [7, 11) is 0. The third-order valence-electron chi connectivity index (χ3n) is 10.4. The number of para-hydroxylation sites is 2. The summed E-state index contributed by atoms with van der Waals surface area (Å²) < 4.78 is 13.0. The standard InChI is InChI=1S/C50H42N4O.Pt/c1-49(2,3)35-22-24-37(25-23-35)53-33-52(45-21-13-19-41(48(45)53)34-14-8-7-9-15-34)38-16-12-17-39(31-38)55-40-26-27-43-42-18-10-11-20-44(42)54(46(43)32-40)47-30-36(28-29-51-47)50(4,5)6;/h7-30H,1-6H3;/q-2;. The molecule has 0 amide bonds. The Hall–Kier alpha value is -5.77. The van der Waals surface area contributed by atoms with E-state index in [0.29, 0.717) is 11.5 Å². The van der Waals surface area contributed by atoms with Gasteiger partial charge in [-0.25, -0.2) is 4.98 Å². The van der Waals surface area contributed by atoms with Gasteiger partial charge in [-0.15, -0.1) is 29.7 Å². The van der Waals surface area contributed by atoms with Crippen LogP contribution < -0.4 is 9.30 Å². The zero-order valence-electron chi connectivity index (χ0n) is 32.4. The molecule has 0 atom stereocenters. The fourth-order valence-electron chi connectivity index (χ4n) is 7.41. The third-order valence-corrected chi connectivity index (χ3v) is 10.4. The van der Waals surface area contributed by atoms with Crippen LogP contribution in [-0.4, -0.2) is 14.1 Å². The van der Waals surface area contributed by atoms with E-state index in [2.05, 4.69) is 189 Å². The quantitative estimate of drug-likeness (QED) is 0.123. The molecule has 9 aromatic rings. The van der Waals surface area contributed by atoms with Gasteiger partial charge < -0.3 is 13.9 Å². The van der Waals surface area contributed by atoms with Crippen molar-refractivity contribution in [3.05, 3.63) is 175 Å². The van der Waals surface area contributed by atoms with Gasteiger partial charge >= 0.3 is 0 Å². The summed E-state index contributed by atoms with van der Waals surface area (Å²) in [4.78, 5) is 4.83. The summed E-state index contributed by atoms with van der Waals surface area (Å²) in [6, 6.07) is 55.7. The van der Waals surface area contributed by atoms with Crippen molar-refractivity contribution >= 4 is 32.8 Å². The van der Waals surface area contributed by atoms with E-state index >= 15 is 0 Å². The first-order valence-corrected chi connectivity index (χ1v) is 18.8. The van der Waals surface area contributed by atoms with Crippen LogP contribution in [-0.2, 0) is 31.9 Å². The number of pyridine rings is 1. The van der Waals surface area contributed by atoms with Gasteiger partial charge in [0.1, 0.15) is 5.82 Å². The molecule has 0 bridgehead atoms. The number of hydrogen-bond donors (Lipinski definition) is 0. The van der Waals surface area contributed by atoms with E-state index < -0.39 is 0 Å². The molecule has 0 spiro atoms. The molecule has 0 aliphatic rings. The van der Waals surface area contributed by atoms with Crippen LogP contribution >= 0.6 is 0 Å². The average molecular weight is 910 g/mol. The molecule has 3 heterocycles. The van der Waals surface area contributed by atoms with Gasteiger partial charge in [0.15, 0.2) is 0 Å². The Bertz CT molecular complexity index is 2860. The van der Waals surface area contributed by atoms with Crippen molar-refractivity contribution in [2.45, 2.75) is 52.4 Å². The maximum atomic E-state index is 6.58. The van der Waals surface area contributed by atoms with Crippen LogP contribution in [0, 0.1) is 18.5 Å². The normalized spacial score (nSPS) is 12.0. The molecular weight excluding hydrogens is 868 g/mol. The zero-order chi connectivity index (χ0) is 37.9. The molecule has 0 fully saturated rings. The molecule has 0 N–H and O–H groups in total. The Balaban J connectivity index is 0.00000441. The summed E-state index contributed by atoms with van der Waals surface area (Å²) in [5.74, 6) is 2.03. The number of benzene rings is 6. The average Bonchev–Trinajstić information content (AvgIpc) is 3.74. The molecule has 56 heavy (non-hydrogen) atoms. The first kappa shape index (κ1) is 37.2. The second-order valence-corrected chi connectivity index (χ2v) is 16.2. The summed E-state index contributed by atoms with van der Waals surface area (Å²) in [6.07, 6.45) is 5.59. The van der Waals surface area contributed by atoms with Crippen LogP contribution in [0.15, 0.2) is 146 Å². The smallest absolute Gasteiger partial charge is 0.268 e. The van der Waals surface area contributed by atoms with Crippen LogP contribution in [0.3, 0.4) is 0 Å². The molecule has 5 nitrogen and oxygen atoms in total. The van der Waals surface area contributed by atoms with Crippen LogP contribution in [0.25, 0.3) is 61.2 Å². The number of hydrogen-bond acceptors (Lipinski definition) is 2. The minimum Gasteiger partial charge on any atom is -0.510 e. The van der Waals surface area contributed by atoms with Crippen molar-refractivity contribution < 1.29 is 30.4 Å². The van der Waals surface area contributed by atoms with Crippen molar-refractivity contribution in [2.75, 3.05) is 0 Å². The van der Waals surface area contributed by atoms with Gasteiger partial charge in [-0.05, 0) is 74.5 Å². The zero-order valence-corrected chi connectivity index (χ0v) is 34.6. The van der Waals surface area contributed by atoms with Gasteiger partial charge in [0, 0.05) is 44.3 Å². The van der Waals surface area contributed by atoms with Gasteiger partial charge in [0.25, 0.3) is 6.33 Å². The van der Waals surface area contributed by atoms with Crippen LogP contribution in [0.4, 0.5) is 0 Å². The Morgan fingerprint density at radius 2 is 1.30 bits per heavy atom. The van der Waals surface area contributed by atoms with Crippen molar-refractivity contribution in [3.8, 4) is 39.8 Å². The Labute approximate surface area is 343 Å². The van der Waals surface area contributed by atoms with Crippen LogP contribution in [0.2, 0.25) is 0 Å². The summed E-state index contributed by atoms with van der Waals surface area (Å²) in [5, 5.41) is 2.23. The van der Waals surface area contributed by atoms with Gasteiger partial charge in [-0.2, -0.15) is 18.2 Å². The minimum absolute atomic E-state index is 0. The van der Waals surface area contributed by atoms with Crippen LogP contribution in [0.5, 0.6) is 11.5 Å². The molecule has 0 saturated carbocycles. The number of ether oxygens (including phenoxy) is 1. The van der Waals surface area contributed by atoms with Crippen molar-refractivity contribution in [2.24, 2.45) is 0 Å². The monoisotopic (exact) mass is 909 g/mol. The molecule has 0 radical (unpaired) electrons. The van der Waals surface area contributed by atoms with E-state index in [1.54, 1.807) is 0 Å².